The normalized spacial score (nSPS) is 16.8. The molecule has 1 N–H and O–H groups in total. The predicted octanol–water partition coefficient (Wildman–Crippen LogP) is 2.31. The van der Waals surface area contributed by atoms with Crippen molar-refractivity contribution in [2.45, 2.75) is 32.8 Å². The third kappa shape index (κ3) is 3.53. The minimum Gasteiger partial charge on any atom is -0.376 e. The van der Waals surface area contributed by atoms with Crippen LogP contribution < -0.4 is 5.32 Å². The number of carbonyl (C=O) groups excluding carboxylic acids is 1. The van der Waals surface area contributed by atoms with Gasteiger partial charge in [-0.2, -0.15) is 5.10 Å². The summed E-state index contributed by atoms with van der Waals surface area (Å²) in [6.45, 7) is 4.81. The van der Waals surface area contributed by atoms with E-state index >= 15 is 0 Å². The van der Waals surface area contributed by atoms with E-state index in [1.54, 1.807) is 23.7 Å². The zero-order valence-corrected chi connectivity index (χ0v) is 14.2. The average molecular weight is 344 g/mol. The summed E-state index contributed by atoms with van der Waals surface area (Å²) in [5, 5.41) is 18.1. The lowest BCUT2D eigenvalue weighted by Gasteiger charge is -2.11. The number of benzene rings is 1. The van der Waals surface area contributed by atoms with E-state index in [2.05, 4.69) is 10.4 Å². The molecule has 132 valence electrons. The zero-order valence-electron chi connectivity index (χ0n) is 14.2. The highest BCUT2D eigenvalue weighted by molar-refractivity contribution is 5.96. The number of amides is 1. The van der Waals surface area contributed by atoms with E-state index < -0.39 is 4.92 Å². The summed E-state index contributed by atoms with van der Waals surface area (Å²) in [7, 11) is 0. The van der Waals surface area contributed by atoms with Gasteiger partial charge in [-0.1, -0.05) is 0 Å². The molecule has 25 heavy (non-hydrogen) atoms. The molecular formula is C17H20N4O4. The van der Waals surface area contributed by atoms with Gasteiger partial charge in [-0.15, -0.1) is 0 Å². The van der Waals surface area contributed by atoms with Crippen molar-refractivity contribution in [3.8, 4) is 5.69 Å². The Kier molecular flexibility index (Phi) is 4.80. The van der Waals surface area contributed by atoms with Gasteiger partial charge in [0.2, 0.25) is 0 Å². The number of nitrogens with one attached hydrogen (secondary N) is 1. The molecule has 1 amide bonds. The highest BCUT2D eigenvalue weighted by Crippen LogP contribution is 2.20. The second kappa shape index (κ2) is 7.02. The molecule has 1 saturated heterocycles. The fraction of sp³-hybridized carbons (Fsp3) is 0.412. The molecule has 1 aromatic carbocycles. The molecule has 1 aliphatic rings. The minimum absolute atomic E-state index is 0.0137. The van der Waals surface area contributed by atoms with Gasteiger partial charge in [0.05, 0.1) is 33.7 Å². The summed E-state index contributed by atoms with van der Waals surface area (Å²) in [5.74, 6) is -0.182. The van der Waals surface area contributed by atoms with E-state index in [1.165, 1.54) is 12.1 Å². The number of rotatable bonds is 5. The van der Waals surface area contributed by atoms with Gasteiger partial charge in [0.15, 0.2) is 0 Å². The van der Waals surface area contributed by atoms with Crippen LogP contribution in [0.3, 0.4) is 0 Å². The number of aromatic nitrogens is 2. The molecule has 8 heteroatoms. The molecule has 1 atom stereocenters. The summed E-state index contributed by atoms with van der Waals surface area (Å²) in [6.07, 6.45) is 2.06. The highest BCUT2D eigenvalue weighted by Gasteiger charge is 2.22. The van der Waals surface area contributed by atoms with Crippen molar-refractivity contribution >= 4 is 11.6 Å². The number of carbonyl (C=O) groups is 1. The third-order valence-electron chi connectivity index (χ3n) is 4.34. The Labute approximate surface area is 144 Å². The molecule has 2 aromatic rings. The third-order valence-corrected chi connectivity index (χ3v) is 4.34. The lowest BCUT2D eigenvalue weighted by molar-refractivity contribution is -0.384. The second-order valence-electron chi connectivity index (χ2n) is 6.08. The predicted molar refractivity (Wildman–Crippen MR) is 91.0 cm³/mol. The van der Waals surface area contributed by atoms with Gasteiger partial charge in [0.1, 0.15) is 0 Å². The summed E-state index contributed by atoms with van der Waals surface area (Å²) in [5.41, 5.74) is 2.51. The van der Waals surface area contributed by atoms with Crippen molar-refractivity contribution in [1.82, 2.24) is 15.1 Å². The Balaban J connectivity index is 1.79. The highest BCUT2D eigenvalue weighted by atomic mass is 16.6. The lowest BCUT2D eigenvalue weighted by Crippen LogP contribution is -2.32. The molecule has 0 radical (unpaired) electrons. The van der Waals surface area contributed by atoms with Crippen molar-refractivity contribution in [2.24, 2.45) is 0 Å². The van der Waals surface area contributed by atoms with Crippen molar-refractivity contribution in [1.29, 1.82) is 0 Å². The first-order chi connectivity index (χ1) is 12.0. The van der Waals surface area contributed by atoms with Crippen LogP contribution in [0, 0.1) is 24.0 Å². The number of hydrogen-bond acceptors (Lipinski definition) is 5. The molecule has 0 spiro atoms. The topological polar surface area (TPSA) is 99.3 Å². The van der Waals surface area contributed by atoms with Gasteiger partial charge in [-0.05, 0) is 38.8 Å². The van der Waals surface area contributed by atoms with Crippen LogP contribution in [0.4, 0.5) is 5.69 Å². The van der Waals surface area contributed by atoms with Crippen LogP contribution in [0.5, 0.6) is 0 Å². The van der Waals surface area contributed by atoms with Gasteiger partial charge in [0, 0.05) is 25.3 Å². The maximum Gasteiger partial charge on any atom is 0.269 e. The standard InChI is InChI=1S/C17H20N4O4/c1-11-16(17(22)18-10-15-4-3-9-25-15)12(2)20(19-11)13-5-7-14(8-6-13)21(23)24/h5-8,15H,3-4,9-10H2,1-2H3,(H,18,22). The van der Waals surface area contributed by atoms with Crippen LogP contribution in [0.1, 0.15) is 34.6 Å². The fourth-order valence-corrected chi connectivity index (χ4v) is 3.04. The molecule has 1 unspecified atom stereocenters. The zero-order chi connectivity index (χ0) is 18.0. The molecule has 0 bridgehead atoms. The van der Waals surface area contributed by atoms with Crippen LogP contribution >= 0.6 is 0 Å². The van der Waals surface area contributed by atoms with Crippen LogP contribution in [0.2, 0.25) is 0 Å². The smallest absolute Gasteiger partial charge is 0.269 e. The first-order valence-electron chi connectivity index (χ1n) is 8.18. The SMILES string of the molecule is Cc1nn(-c2ccc([N+](=O)[O-])cc2)c(C)c1C(=O)NCC1CCCO1. The van der Waals surface area contributed by atoms with E-state index in [1.807, 2.05) is 6.92 Å². The summed E-state index contributed by atoms with van der Waals surface area (Å²) in [6, 6.07) is 6.07. The van der Waals surface area contributed by atoms with Gasteiger partial charge in [-0.3, -0.25) is 14.9 Å². The average Bonchev–Trinajstić information content (AvgIpc) is 3.21. The number of nitro benzene ring substituents is 1. The maximum absolute atomic E-state index is 12.5. The van der Waals surface area contributed by atoms with E-state index in [-0.39, 0.29) is 17.7 Å². The Bertz CT molecular complexity index is 792. The van der Waals surface area contributed by atoms with Crippen LogP contribution in [0.15, 0.2) is 24.3 Å². The fourth-order valence-electron chi connectivity index (χ4n) is 3.04. The van der Waals surface area contributed by atoms with Crippen molar-refractivity contribution < 1.29 is 14.5 Å². The molecular weight excluding hydrogens is 324 g/mol. The monoisotopic (exact) mass is 344 g/mol. The molecule has 1 fully saturated rings. The van der Waals surface area contributed by atoms with Crippen LogP contribution in [-0.4, -0.2) is 39.9 Å². The molecule has 8 nitrogen and oxygen atoms in total. The Morgan fingerprint density at radius 2 is 2.12 bits per heavy atom. The number of hydrogen-bond donors (Lipinski definition) is 1. The number of nitro groups is 1. The molecule has 0 saturated carbocycles. The summed E-state index contributed by atoms with van der Waals surface area (Å²) >= 11 is 0. The first kappa shape index (κ1) is 17.1. The van der Waals surface area contributed by atoms with Crippen LogP contribution in [-0.2, 0) is 4.74 Å². The number of aryl methyl sites for hydroxylation is 1. The molecule has 1 aromatic heterocycles. The van der Waals surface area contributed by atoms with Crippen LogP contribution in [0.25, 0.3) is 5.69 Å². The maximum atomic E-state index is 12.5. The summed E-state index contributed by atoms with van der Waals surface area (Å²) in [4.78, 5) is 22.8. The lowest BCUT2D eigenvalue weighted by atomic mass is 10.1. The first-order valence-corrected chi connectivity index (χ1v) is 8.18. The number of ether oxygens (including phenoxy) is 1. The molecule has 1 aliphatic heterocycles. The van der Waals surface area contributed by atoms with E-state index in [0.717, 1.165) is 19.4 Å². The van der Waals surface area contributed by atoms with E-state index in [9.17, 15) is 14.9 Å². The quantitative estimate of drug-likeness (QED) is 0.663. The van der Waals surface area contributed by atoms with Gasteiger partial charge < -0.3 is 10.1 Å². The molecule has 3 rings (SSSR count). The van der Waals surface area contributed by atoms with Gasteiger partial charge in [-0.25, -0.2) is 4.68 Å². The van der Waals surface area contributed by atoms with Crippen molar-refractivity contribution in [3.63, 3.8) is 0 Å². The van der Waals surface area contributed by atoms with E-state index in [0.29, 0.717) is 29.2 Å². The summed E-state index contributed by atoms with van der Waals surface area (Å²) < 4.78 is 7.14. The van der Waals surface area contributed by atoms with Gasteiger partial charge in [0.25, 0.3) is 11.6 Å². The largest absolute Gasteiger partial charge is 0.376 e. The Morgan fingerprint density at radius 1 is 1.40 bits per heavy atom. The second-order valence-corrected chi connectivity index (χ2v) is 6.08. The van der Waals surface area contributed by atoms with Gasteiger partial charge >= 0.3 is 0 Å². The number of nitrogens with zero attached hydrogens (tertiary/aromatic N) is 3. The van der Waals surface area contributed by atoms with Crippen molar-refractivity contribution in [3.05, 3.63) is 51.3 Å². The molecule has 2 heterocycles. The minimum atomic E-state index is -0.449. The number of non-ortho nitro benzene ring substituents is 1. The van der Waals surface area contributed by atoms with Crippen molar-refractivity contribution in [2.75, 3.05) is 13.2 Å². The molecule has 0 aliphatic carbocycles. The van der Waals surface area contributed by atoms with E-state index in [4.69, 9.17) is 4.74 Å². The Hall–Kier alpha value is -2.74. The Morgan fingerprint density at radius 3 is 2.72 bits per heavy atom.